The molecule has 1 rings (SSSR count). The maximum Gasteiger partial charge on any atom is 0.0691 e. The van der Waals surface area contributed by atoms with Gasteiger partial charge in [-0.2, -0.15) is 0 Å². The Morgan fingerprint density at radius 1 is 0.952 bits per heavy atom. The van der Waals surface area contributed by atoms with Gasteiger partial charge in [-0.3, -0.25) is 0 Å². The summed E-state index contributed by atoms with van der Waals surface area (Å²) < 4.78 is 0. The van der Waals surface area contributed by atoms with Gasteiger partial charge in [0, 0.05) is 12.1 Å². The third-order valence-corrected chi connectivity index (χ3v) is 4.81. The van der Waals surface area contributed by atoms with Gasteiger partial charge in [0.05, 0.1) is 12.2 Å². The molecule has 1 heterocycles. The Kier molecular flexibility index (Phi) is 10.3. The van der Waals surface area contributed by atoms with Gasteiger partial charge in [0.15, 0.2) is 0 Å². The van der Waals surface area contributed by atoms with Gasteiger partial charge in [0.1, 0.15) is 0 Å². The fourth-order valence-corrected chi connectivity index (χ4v) is 3.31. The summed E-state index contributed by atoms with van der Waals surface area (Å²) in [7, 11) is 0. The van der Waals surface area contributed by atoms with Crippen molar-refractivity contribution < 1.29 is 10.2 Å². The molecule has 1 aliphatic heterocycles. The Bertz CT molecular complexity index is 245. The third kappa shape index (κ3) is 9.49. The number of aliphatic hydroxyl groups excluding tert-OH is 2. The van der Waals surface area contributed by atoms with Crippen molar-refractivity contribution in [2.45, 2.75) is 115 Å². The van der Waals surface area contributed by atoms with Crippen LogP contribution in [0.15, 0.2) is 0 Å². The molecule has 1 saturated heterocycles. The molecule has 0 aliphatic carbocycles. The number of aliphatic hydroxyl groups is 2. The van der Waals surface area contributed by atoms with E-state index in [9.17, 15) is 10.2 Å². The van der Waals surface area contributed by atoms with Crippen LogP contribution < -0.4 is 5.32 Å². The third-order valence-electron chi connectivity index (χ3n) is 4.81. The van der Waals surface area contributed by atoms with E-state index >= 15 is 0 Å². The number of hydrogen-bond acceptors (Lipinski definition) is 3. The Labute approximate surface area is 131 Å². The highest BCUT2D eigenvalue weighted by atomic mass is 16.3. The maximum absolute atomic E-state index is 9.68. The molecule has 0 saturated carbocycles. The molecule has 1 fully saturated rings. The summed E-state index contributed by atoms with van der Waals surface area (Å²) >= 11 is 0. The van der Waals surface area contributed by atoms with Gasteiger partial charge in [-0.25, -0.2) is 0 Å². The first-order valence-electron chi connectivity index (χ1n) is 9.21. The summed E-state index contributed by atoms with van der Waals surface area (Å²) in [6.45, 7) is 3.97. The van der Waals surface area contributed by atoms with Crippen molar-refractivity contribution in [2.24, 2.45) is 0 Å². The van der Waals surface area contributed by atoms with Gasteiger partial charge in [-0.15, -0.1) is 0 Å². The lowest BCUT2D eigenvalue weighted by Gasteiger charge is -2.32. The van der Waals surface area contributed by atoms with E-state index < -0.39 is 0 Å². The van der Waals surface area contributed by atoms with Crippen molar-refractivity contribution in [3.8, 4) is 0 Å². The highest BCUT2D eigenvalue weighted by molar-refractivity contribution is 4.83. The molecular formula is C18H37NO2. The summed E-state index contributed by atoms with van der Waals surface area (Å²) in [5.74, 6) is 0. The predicted molar refractivity (Wildman–Crippen MR) is 89.5 cm³/mol. The van der Waals surface area contributed by atoms with Crippen molar-refractivity contribution in [1.29, 1.82) is 0 Å². The lowest BCUT2D eigenvalue weighted by Crippen LogP contribution is -2.48. The van der Waals surface area contributed by atoms with Crippen LogP contribution in [0.2, 0.25) is 0 Å². The van der Waals surface area contributed by atoms with Crippen LogP contribution >= 0.6 is 0 Å². The standard InChI is InChI=1S/C18H37NO2/c1-15(20)11-9-7-5-3-4-6-8-10-12-17-13-14-18(21)16(2)19-17/h15-21H,3-14H2,1-2H3/t15?,16-,17+,18-/m0/s1. The molecule has 0 aromatic heterocycles. The van der Waals surface area contributed by atoms with Crippen molar-refractivity contribution in [3.05, 3.63) is 0 Å². The van der Waals surface area contributed by atoms with E-state index in [0.717, 1.165) is 19.3 Å². The summed E-state index contributed by atoms with van der Waals surface area (Å²) in [6.07, 6.45) is 14.6. The normalized spacial score (nSPS) is 27.7. The first-order valence-corrected chi connectivity index (χ1v) is 9.21. The fourth-order valence-electron chi connectivity index (χ4n) is 3.31. The molecule has 0 aromatic rings. The van der Waals surface area contributed by atoms with E-state index in [1.807, 2.05) is 6.92 Å². The first kappa shape index (κ1) is 18.9. The number of hydrogen-bond donors (Lipinski definition) is 3. The lowest BCUT2D eigenvalue weighted by atomic mass is 9.93. The van der Waals surface area contributed by atoms with Crippen LogP contribution in [0.3, 0.4) is 0 Å². The number of unbranched alkanes of at least 4 members (excludes halogenated alkanes) is 7. The van der Waals surface area contributed by atoms with Crippen molar-refractivity contribution in [1.82, 2.24) is 5.32 Å². The quantitative estimate of drug-likeness (QED) is 0.509. The number of piperidine rings is 1. The molecule has 0 spiro atoms. The molecule has 4 atom stereocenters. The molecule has 3 N–H and O–H groups in total. The van der Waals surface area contributed by atoms with E-state index in [1.165, 1.54) is 57.8 Å². The fraction of sp³-hybridized carbons (Fsp3) is 1.00. The Morgan fingerprint density at radius 2 is 1.52 bits per heavy atom. The highest BCUT2D eigenvalue weighted by Gasteiger charge is 2.24. The van der Waals surface area contributed by atoms with Gasteiger partial charge < -0.3 is 15.5 Å². The Balaban J connectivity index is 1.82. The van der Waals surface area contributed by atoms with Gasteiger partial charge >= 0.3 is 0 Å². The number of nitrogens with one attached hydrogen (secondary N) is 1. The summed E-state index contributed by atoms with van der Waals surface area (Å²) in [6, 6.07) is 0.897. The maximum atomic E-state index is 9.68. The SMILES string of the molecule is CC(O)CCCCCCCCCC[C@@H]1CC[C@H](O)[C@H](C)N1. The smallest absolute Gasteiger partial charge is 0.0691 e. The topological polar surface area (TPSA) is 52.5 Å². The number of rotatable bonds is 11. The minimum Gasteiger partial charge on any atom is -0.393 e. The molecule has 1 unspecified atom stereocenters. The molecule has 0 bridgehead atoms. The van der Waals surface area contributed by atoms with Gasteiger partial charge in [0.25, 0.3) is 0 Å². The second-order valence-corrected chi connectivity index (χ2v) is 7.05. The second kappa shape index (κ2) is 11.4. The van der Waals surface area contributed by atoms with E-state index in [-0.39, 0.29) is 18.2 Å². The van der Waals surface area contributed by atoms with Crippen LogP contribution in [0.5, 0.6) is 0 Å². The van der Waals surface area contributed by atoms with Gasteiger partial charge in [0.2, 0.25) is 0 Å². The Hall–Kier alpha value is -0.120. The molecule has 3 heteroatoms. The summed E-state index contributed by atoms with van der Waals surface area (Å²) in [5, 5.41) is 22.4. The van der Waals surface area contributed by atoms with Crippen molar-refractivity contribution in [3.63, 3.8) is 0 Å². The molecule has 21 heavy (non-hydrogen) atoms. The highest BCUT2D eigenvalue weighted by Crippen LogP contribution is 2.18. The van der Waals surface area contributed by atoms with Crippen LogP contribution in [0.4, 0.5) is 0 Å². The predicted octanol–water partition coefficient (Wildman–Crippen LogP) is 3.77. The second-order valence-electron chi connectivity index (χ2n) is 7.05. The summed E-state index contributed by atoms with van der Waals surface area (Å²) in [5.41, 5.74) is 0. The molecule has 126 valence electrons. The molecule has 0 radical (unpaired) electrons. The minimum absolute atomic E-state index is 0.123. The monoisotopic (exact) mass is 299 g/mol. The zero-order chi connectivity index (χ0) is 15.5. The van der Waals surface area contributed by atoms with E-state index in [2.05, 4.69) is 12.2 Å². The molecular weight excluding hydrogens is 262 g/mol. The largest absolute Gasteiger partial charge is 0.393 e. The molecule has 0 amide bonds. The van der Waals surface area contributed by atoms with Crippen LogP contribution in [0.25, 0.3) is 0 Å². The van der Waals surface area contributed by atoms with Gasteiger partial charge in [-0.1, -0.05) is 51.4 Å². The van der Waals surface area contributed by atoms with Crippen LogP contribution in [-0.4, -0.2) is 34.5 Å². The zero-order valence-corrected chi connectivity index (χ0v) is 14.2. The lowest BCUT2D eigenvalue weighted by molar-refractivity contribution is 0.0849. The average Bonchev–Trinajstić information content (AvgIpc) is 2.44. The van der Waals surface area contributed by atoms with Crippen LogP contribution in [0, 0.1) is 0 Å². The zero-order valence-electron chi connectivity index (χ0n) is 14.2. The van der Waals surface area contributed by atoms with E-state index in [4.69, 9.17) is 0 Å². The van der Waals surface area contributed by atoms with Crippen molar-refractivity contribution in [2.75, 3.05) is 0 Å². The van der Waals surface area contributed by atoms with E-state index in [0.29, 0.717) is 6.04 Å². The first-order chi connectivity index (χ1) is 10.1. The van der Waals surface area contributed by atoms with Crippen LogP contribution in [-0.2, 0) is 0 Å². The average molecular weight is 299 g/mol. The molecule has 3 nitrogen and oxygen atoms in total. The van der Waals surface area contributed by atoms with E-state index in [1.54, 1.807) is 0 Å². The summed E-state index contributed by atoms with van der Waals surface area (Å²) in [4.78, 5) is 0. The van der Waals surface area contributed by atoms with Crippen LogP contribution in [0.1, 0.15) is 90.9 Å². The molecule has 0 aromatic carbocycles. The van der Waals surface area contributed by atoms with Crippen molar-refractivity contribution >= 4 is 0 Å². The van der Waals surface area contributed by atoms with Gasteiger partial charge in [-0.05, 0) is 39.5 Å². The minimum atomic E-state index is -0.143. The Morgan fingerprint density at radius 3 is 2.10 bits per heavy atom. The molecule has 1 aliphatic rings.